The minimum Gasteiger partial charge on any atom is -0.543 e. The zero-order valence-electron chi connectivity index (χ0n) is 9.28. The van der Waals surface area contributed by atoms with E-state index in [9.17, 15) is 10.1 Å². The molecule has 0 atom stereocenters. The number of anilines is 1. The molecule has 0 aliphatic heterocycles. The average Bonchev–Trinajstić information content (AvgIpc) is 2.07. The van der Waals surface area contributed by atoms with Crippen LogP contribution < -0.4 is 10.2 Å². The first-order valence-corrected chi connectivity index (χ1v) is 8.83. The summed E-state index contributed by atoms with van der Waals surface area (Å²) < 4.78 is 6.27. The minimum atomic E-state index is -1.83. The molecular weight excluding hydrogens is 292 g/mol. The molecule has 0 saturated heterocycles. The molecule has 0 aliphatic carbocycles. The summed E-state index contributed by atoms with van der Waals surface area (Å²) in [5, 5.41) is 10.8. The Hall–Kier alpha value is -1.08. The highest BCUT2D eigenvalue weighted by atomic mass is 79.9. The number of nitrogen functional groups attached to an aromatic ring is 1. The second-order valence-corrected chi connectivity index (χ2v) is 9.65. The monoisotopic (exact) mass is 304 g/mol. The SMILES string of the molecule is C[Si](C)(C)Oc1cc(Br)cc([N+](=O)[O-])c1N. The molecule has 2 N–H and O–H groups in total. The first kappa shape index (κ1) is 13.0. The maximum absolute atomic E-state index is 10.8. The van der Waals surface area contributed by atoms with Crippen molar-refractivity contribution in [3.63, 3.8) is 0 Å². The quantitative estimate of drug-likeness (QED) is 0.403. The summed E-state index contributed by atoms with van der Waals surface area (Å²) in [4.78, 5) is 10.2. The van der Waals surface area contributed by atoms with Gasteiger partial charge in [0.05, 0.1) is 4.92 Å². The number of hydrogen-bond donors (Lipinski definition) is 1. The van der Waals surface area contributed by atoms with Crippen LogP contribution >= 0.6 is 15.9 Å². The van der Waals surface area contributed by atoms with Crippen LogP contribution in [0.3, 0.4) is 0 Å². The van der Waals surface area contributed by atoms with Gasteiger partial charge in [-0.1, -0.05) is 15.9 Å². The van der Waals surface area contributed by atoms with Crippen LogP contribution in [0.25, 0.3) is 0 Å². The van der Waals surface area contributed by atoms with Gasteiger partial charge in [0.25, 0.3) is 5.69 Å². The van der Waals surface area contributed by atoms with Gasteiger partial charge in [-0.3, -0.25) is 10.1 Å². The third-order valence-electron chi connectivity index (χ3n) is 1.70. The highest BCUT2D eigenvalue weighted by molar-refractivity contribution is 9.10. The van der Waals surface area contributed by atoms with Crippen molar-refractivity contribution in [1.82, 2.24) is 0 Å². The zero-order valence-corrected chi connectivity index (χ0v) is 11.9. The minimum absolute atomic E-state index is 0.0793. The molecule has 88 valence electrons. The van der Waals surface area contributed by atoms with E-state index < -0.39 is 13.2 Å². The normalized spacial score (nSPS) is 11.2. The molecule has 0 unspecified atom stereocenters. The lowest BCUT2D eigenvalue weighted by Crippen LogP contribution is -2.29. The Morgan fingerprint density at radius 1 is 1.44 bits per heavy atom. The van der Waals surface area contributed by atoms with E-state index in [4.69, 9.17) is 10.2 Å². The van der Waals surface area contributed by atoms with Gasteiger partial charge in [0.1, 0.15) is 5.75 Å². The number of nitrogens with zero attached hydrogens (tertiary/aromatic N) is 1. The lowest BCUT2D eigenvalue weighted by Gasteiger charge is -2.20. The van der Waals surface area contributed by atoms with Crippen molar-refractivity contribution < 1.29 is 9.35 Å². The van der Waals surface area contributed by atoms with Crippen molar-refractivity contribution in [3.8, 4) is 5.75 Å². The number of nitro groups is 1. The van der Waals surface area contributed by atoms with Crippen molar-refractivity contribution in [2.45, 2.75) is 19.6 Å². The molecule has 0 heterocycles. The second-order valence-electron chi connectivity index (χ2n) is 4.31. The standard InChI is InChI=1S/C9H13BrN2O3Si/c1-16(2,3)15-8-5-6(10)4-7(9(8)11)12(13)14/h4-5H,11H2,1-3H3. The lowest BCUT2D eigenvalue weighted by molar-refractivity contribution is -0.384. The van der Waals surface area contributed by atoms with Gasteiger partial charge in [-0.2, -0.15) is 0 Å². The fourth-order valence-corrected chi connectivity index (χ4v) is 2.40. The predicted octanol–water partition coefficient (Wildman–Crippen LogP) is 3.15. The van der Waals surface area contributed by atoms with E-state index in [-0.39, 0.29) is 11.4 Å². The molecule has 1 aromatic rings. The van der Waals surface area contributed by atoms with Gasteiger partial charge in [-0.15, -0.1) is 0 Å². The van der Waals surface area contributed by atoms with Crippen molar-refractivity contribution in [2.24, 2.45) is 0 Å². The number of rotatable bonds is 3. The molecule has 0 spiro atoms. The molecule has 0 amide bonds. The summed E-state index contributed by atoms with van der Waals surface area (Å²) in [5.41, 5.74) is 5.64. The molecule has 0 radical (unpaired) electrons. The third-order valence-corrected chi connectivity index (χ3v) is 2.99. The number of benzene rings is 1. The van der Waals surface area contributed by atoms with Gasteiger partial charge in [-0.05, 0) is 25.7 Å². The molecule has 16 heavy (non-hydrogen) atoms. The van der Waals surface area contributed by atoms with Crippen LogP contribution in [0.1, 0.15) is 0 Å². The molecule has 1 rings (SSSR count). The largest absolute Gasteiger partial charge is 0.543 e. The van der Waals surface area contributed by atoms with E-state index in [0.29, 0.717) is 10.2 Å². The van der Waals surface area contributed by atoms with E-state index in [1.54, 1.807) is 6.07 Å². The van der Waals surface area contributed by atoms with Crippen LogP contribution in [-0.4, -0.2) is 13.2 Å². The maximum atomic E-state index is 10.8. The average molecular weight is 305 g/mol. The number of halogens is 1. The highest BCUT2D eigenvalue weighted by Crippen LogP contribution is 2.36. The van der Waals surface area contributed by atoms with Crippen molar-refractivity contribution >= 4 is 35.6 Å². The molecule has 5 nitrogen and oxygen atoms in total. The van der Waals surface area contributed by atoms with Gasteiger partial charge in [-0.25, -0.2) is 0 Å². The van der Waals surface area contributed by atoms with Gasteiger partial charge in [0, 0.05) is 10.5 Å². The lowest BCUT2D eigenvalue weighted by atomic mass is 10.2. The van der Waals surface area contributed by atoms with Gasteiger partial charge in [0.15, 0.2) is 5.69 Å². The van der Waals surface area contributed by atoms with Crippen LogP contribution in [-0.2, 0) is 0 Å². The van der Waals surface area contributed by atoms with E-state index >= 15 is 0 Å². The summed E-state index contributed by atoms with van der Waals surface area (Å²) in [6.07, 6.45) is 0. The summed E-state index contributed by atoms with van der Waals surface area (Å²) >= 11 is 3.20. The Labute approximate surface area is 103 Å². The fourth-order valence-electron chi connectivity index (χ4n) is 1.14. The first-order chi connectivity index (χ1) is 7.20. The van der Waals surface area contributed by atoms with Crippen LogP contribution in [0.2, 0.25) is 19.6 Å². The second kappa shape index (κ2) is 4.42. The van der Waals surface area contributed by atoms with Crippen LogP contribution in [0.5, 0.6) is 5.75 Å². The smallest absolute Gasteiger partial charge is 0.297 e. The third kappa shape index (κ3) is 3.21. The van der Waals surface area contributed by atoms with E-state index in [1.165, 1.54) is 6.07 Å². The maximum Gasteiger partial charge on any atom is 0.297 e. The molecule has 0 saturated carbocycles. The topological polar surface area (TPSA) is 78.4 Å². The summed E-state index contributed by atoms with van der Waals surface area (Å²) in [7, 11) is -1.83. The van der Waals surface area contributed by atoms with Crippen LogP contribution in [0.4, 0.5) is 11.4 Å². The molecule has 0 aliphatic rings. The fraction of sp³-hybridized carbons (Fsp3) is 0.333. The molecule has 0 bridgehead atoms. The van der Waals surface area contributed by atoms with Crippen LogP contribution in [0.15, 0.2) is 16.6 Å². The van der Waals surface area contributed by atoms with E-state index in [2.05, 4.69) is 15.9 Å². The number of nitro benzene ring substituents is 1. The van der Waals surface area contributed by atoms with Gasteiger partial charge < -0.3 is 10.2 Å². The van der Waals surface area contributed by atoms with Crippen molar-refractivity contribution in [1.29, 1.82) is 0 Å². The predicted molar refractivity (Wildman–Crippen MR) is 69.2 cm³/mol. The Kier molecular flexibility index (Phi) is 3.59. The zero-order chi connectivity index (χ0) is 12.5. The first-order valence-electron chi connectivity index (χ1n) is 4.63. The number of nitrogens with two attached hydrogens (primary N) is 1. The van der Waals surface area contributed by atoms with E-state index in [0.717, 1.165) is 0 Å². The molecule has 1 aromatic carbocycles. The molecule has 0 fully saturated rings. The van der Waals surface area contributed by atoms with Gasteiger partial charge >= 0.3 is 0 Å². The van der Waals surface area contributed by atoms with Crippen molar-refractivity contribution in [2.75, 3.05) is 5.73 Å². The molecule has 0 aromatic heterocycles. The Balaban J connectivity index is 3.25. The van der Waals surface area contributed by atoms with E-state index in [1.807, 2.05) is 19.6 Å². The Morgan fingerprint density at radius 2 is 2.00 bits per heavy atom. The molecule has 7 heteroatoms. The number of hydrogen-bond acceptors (Lipinski definition) is 4. The summed E-state index contributed by atoms with van der Waals surface area (Å²) in [5.74, 6) is 0.375. The summed E-state index contributed by atoms with van der Waals surface area (Å²) in [6.45, 7) is 5.96. The summed E-state index contributed by atoms with van der Waals surface area (Å²) in [6, 6.07) is 3.02. The highest BCUT2D eigenvalue weighted by Gasteiger charge is 2.22. The van der Waals surface area contributed by atoms with Crippen LogP contribution in [0, 0.1) is 10.1 Å². The Morgan fingerprint density at radius 3 is 2.44 bits per heavy atom. The Bertz CT molecular complexity index is 431. The van der Waals surface area contributed by atoms with Gasteiger partial charge in [0.2, 0.25) is 8.32 Å². The van der Waals surface area contributed by atoms with Crippen molar-refractivity contribution in [3.05, 3.63) is 26.7 Å². The molecular formula is C9H13BrN2O3Si.